The molecule has 1 amide bonds. The molecule has 1 aromatic carbocycles. The highest BCUT2D eigenvalue weighted by Crippen LogP contribution is 2.41. The quantitative estimate of drug-likeness (QED) is 0.580. The van der Waals surface area contributed by atoms with E-state index in [0.717, 1.165) is 37.1 Å². The number of carbonyl (C=O) groups excluding carboxylic acids is 1. The van der Waals surface area contributed by atoms with Crippen LogP contribution in [0.1, 0.15) is 32.3 Å². The minimum Gasteiger partial charge on any atom is -0.483 e. The Morgan fingerprint density at radius 3 is 3.12 bits per heavy atom. The number of hydrogen-bond acceptors (Lipinski definition) is 4. The van der Waals surface area contributed by atoms with Crippen LogP contribution in [-0.2, 0) is 16.0 Å². The molecule has 1 fully saturated rings. The third kappa shape index (κ3) is 4.50. The fraction of sp³-hybridized carbons (Fsp3) is 0.571. The molecule has 1 aromatic rings. The van der Waals surface area contributed by atoms with E-state index in [1.807, 2.05) is 23.1 Å². The van der Waals surface area contributed by atoms with Crippen molar-refractivity contribution in [3.8, 4) is 23.8 Å². The van der Waals surface area contributed by atoms with E-state index in [-0.39, 0.29) is 18.1 Å². The number of rotatable bonds is 6. The van der Waals surface area contributed by atoms with E-state index in [1.54, 1.807) is 0 Å². The number of piperidine rings is 1. The lowest BCUT2D eigenvalue weighted by Crippen LogP contribution is -2.43. The molecule has 140 valence electrons. The first-order valence-electron chi connectivity index (χ1n) is 9.21. The third-order valence-electron chi connectivity index (χ3n) is 4.82. The van der Waals surface area contributed by atoms with Crippen molar-refractivity contribution in [3.63, 3.8) is 0 Å². The zero-order valence-electron chi connectivity index (χ0n) is 15.6. The van der Waals surface area contributed by atoms with Gasteiger partial charge in [-0.1, -0.05) is 18.1 Å². The Morgan fingerprint density at radius 1 is 1.46 bits per heavy atom. The lowest BCUT2D eigenvalue weighted by Gasteiger charge is -2.32. The molecule has 26 heavy (non-hydrogen) atoms. The summed E-state index contributed by atoms with van der Waals surface area (Å²) in [6, 6.07) is 5.85. The van der Waals surface area contributed by atoms with Crippen LogP contribution in [0, 0.1) is 18.3 Å². The third-order valence-corrected chi connectivity index (χ3v) is 4.82. The summed E-state index contributed by atoms with van der Waals surface area (Å²) >= 11 is 0. The number of likely N-dealkylation sites (tertiary alicyclic amines) is 1. The van der Waals surface area contributed by atoms with Crippen molar-refractivity contribution < 1.29 is 19.0 Å². The smallest absolute Gasteiger partial charge is 0.260 e. The molecule has 2 aliphatic rings. The molecule has 1 unspecified atom stereocenters. The molecule has 0 saturated carbocycles. The first-order chi connectivity index (χ1) is 12.5. The number of nitrogens with zero attached hydrogens (tertiary/aromatic N) is 1. The zero-order chi connectivity index (χ0) is 18.6. The molecule has 0 bridgehead atoms. The molecule has 1 saturated heterocycles. The van der Waals surface area contributed by atoms with Crippen LogP contribution in [0.15, 0.2) is 18.2 Å². The summed E-state index contributed by atoms with van der Waals surface area (Å²) in [5, 5.41) is 0. The van der Waals surface area contributed by atoms with Crippen LogP contribution in [0.2, 0.25) is 0 Å². The lowest BCUT2D eigenvalue weighted by molar-refractivity contribution is -0.135. The number of amides is 1. The molecule has 0 N–H and O–H groups in total. The Labute approximate surface area is 155 Å². The summed E-state index contributed by atoms with van der Waals surface area (Å²) in [4.78, 5) is 14.4. The Balaban J connectivity index is 1.54. The number of carbonyl (C=O) groups is 1. The minimum absolute atomic E-state index is 0.00140. The van der Waals surface area contributed by atoms with Gasteiger partial charge in [0.25, 0.3) is 5.91 Å². The molecule has 5 heteroatoms. The van der Waals surface area contributed by atoms with Gasteiger partial charge in [0.15, 0.2) is 18.1 Å². The van der Waals surface area contributed by atoms with Gasteiger partial charge < -0.3 is 19.1 Å². The van der Waals surface area contributed by atoms with E-state index in [2.05, 4.69) is 19.8 Å². The summed E-state index contributed by atoms with van der Waals surface area (Å²) in [6.45, 7) is 6.52. The molecule has 5 nitrogen and oxygen atoms in total. The summed E-state index contributed by atoms with van der Waals surface area (Å²) in [5.41, 5.74) is 0.897. The highest BCUT2D eigenvalue weighted by atomic mass is 16.5. The van der Waals surface area contributed by atoms with Crippen molar-refractivity contribution in [3.05, 3.63) is 23.8 Å². The summed E-state index contributed by atoms with van der Waals surface area (Å²) in [5.74, 6) is 4.23. The van der Waals surface area contributed by atoms with Crippen LogP contribution in [0.25, 0.3) is 0 Å². The van der Waals surface area contributed by atoms with Gasteiger partial charge in [-0.3, -0.25) is 4.79 Å². The highest BCUT2D eigenvalue weighted by molar-refractivity contribution is 5.78. The molecule has 2 heterocycles. The molecular weight excluding hydrogens is 330 g/mol. The van der Waals surface area contributed by atoms with Gasteiger partial charge in [-0.15, -0.1) is 6.42 Å². The van der Waals surface area contributed by atoms with E-state index in [4.69, 9.17) is 20.6 Å². The van der Waals surface area contributed by atoms with Gasteiger partial charge in [0.2, 0.25) is 0 Å². The van der Waals surface area contributed by atoms with Gasteiger partial charge >= 0.3 is 0 Å². The Morgan fingerprint density at radius 2 is 2.31 bits per heavy atom. The van der Waals surface area contributed by atoms with Crippen LogP contribution in [0.4, 0.5) is 0 Å². The second kappa shape index (κ2) is 8.01. The van der Waals surface area contributed by atoms with Crippen LogP contribution < -0.4 is 9.47 Å². The van der Waals surface area contributed by atoms with Crippen LogP contribution in [-0.4, -0.2) is 49.3 Å². The molecule has 0 aromatic heterocycles. The first kappa shape index (κ1) is 18.6. The molecule has 3 rings (SSSR count). The van der Waals surface area contributed by atoms with Gasteiger partial charge in [-0.05, 0) is 38.7 Å². The molecular formula is C21H27NO4. The molecule has 1 atom stereocenters. The number of ether oxygens (including phenoxy) is 3. The average molecular weight is 357 g/mol. The van der Waals surface area contributed by atoms with Gasteiger partial charge in [0.05, 0.1) is 6.61 Å². The van der Waals surface area contributed by atoms with Gasteiger partial charge in [-0.25, -0.2) is 0 Å². The molecule has 0 spiro atoms. The number of fused-ring (bicyclic) bond motifs is 1. The van der Waals surface area contributed by atoms with Crippen molar-refractivity contribution >= 4 is 5.91 Å². The van der Waals surface area contributed by atoms with E-state index < -0.39 is 0 Å². The van der Waals surface area contributed by atoms with E-state index in [0.29, 0.717) is 31.4 Å². The maximum atomic E-state index is 12.6. The molecule has 2 aliphatic heterocycles. The number of terminal acetylenes is 1. The van der Waals surface area contributed by atoms with E-state index in [9.17, 15) is 4.79 Å². The van der Waals surface area contributed by atoms with Crippen molar-refractivity contribution in [2.45, 2.75) is 38.7 Å². The van der Waals surface area contributed by atoms with Crippen molar-refractivity contribution in [2.75, 3.05) is 32.9 Å². The number of benzene rings is 1. The summed E-state index contributed by atoms with van der Waals surface area (Å²) in [7, 11) is 0. The predicted octanol–water partition coefficient (Wildman–Crippen LogP) is 2.67. The van der Waals surface area contributed by atoms with Gasteiger partial charge in [0, 0.05) is 25.1 Å². The van der Waals surface area contributed by atoms with Crippen molar-refractivity contribution in [1.29, 1.82) is 0 Å². The predicted molar refractivity (Wildman–Crippen MR) is 99.3 cm³/mol. The molecule has 0 aliphatic carbocycles. The maximum absolute atomic E-state index is 12.6. The second-order valence-corrected chi connectivity index (χ2v) is 7.64. The lowest BCUT2D eigenvalue weighted by atomic mass is 9.99. The zero-order valence-corrected chi connectivity index (χ0v) is 15.6. The normalized spacial score (nSPS) is 20.8. The monoisotopic (exact) mass is 357 g/mol. The SMILES string of the molecule is C#CCOCC1CCCN(C(=O)COc2cccc3c2OC(C)(C)C3)C1. The Kier molecular flexibility index (Phi) is 5.73. The van der Waals surface area contributed by atoms with Crippen molar-refractivity contribution in [2.24, 2.45) is 5.92 Å². The highest BCUT2D eigenvalue weighted by Gasteiger charge is 2.32. The second-order valence-electron chi connectivity index (χ2n) is 7.64. The van der Waals surface area contributed by atoms with Gasteiger partial charge in [-0.2, -0.15) is 0 Å². The van der Waals surface area contributed by atoms with Gasteiger partial charge in [0.1, 0.15) is 12.2 Å². The average Bonchev–Trinajstić information content (AvgIpc) is 2.94. The van der Waals surface area contributed by atoms with Crippen LogP contribution in [0.5, 0.6) is 11.5 Å². The summed E-state index contributed by atoms with van der Waals surface area (Å²) < 4.78 is 17.2. The maximum Gasteiger partial charge on any atom is 0.260 e. The first-order valence-corrected chi connectivity index (χ1v) is 9.21. The Bertz CT molecular complexity index is 692. The standard InChI is InChI=1S/C21H27NO4/c1-4-11-24-14-16-7-6-10-22(13-16)19(23)15-25-18-9-5-8-17-12-21(2,3)26-20(17)18/h1,5,8-9,16H,6-7,10-15H2,2-3H3. The van der Waals surface area contributed by atoms with E-state index in [1.165, 1.54) is 0 Å². The number of para-hydroxylation sites is 1. The van der Waals surface area contributed by atoms with Crippen LogP contribution in [0.3, 0.4) is 0 Å². The van der Waals surface area contributed by atoms with Crippen LogP contribution >= 0.6 is 0 Å². The fourth-order valence-electron chi connectivity index (χ4n) is 3.64. The summed E-state index contributed by atoms with van der Waals surface area (Å²) in [6.07, 6.45) is 8.09. The Hall–Kier alpha value is -2.19. The fourth-order valence-corrected chi connectivity index (χ4v) is 3.64. The topological polar surface area (TPSA) is 48.0 Å². The van der Waals surface area contributed by atoms with Crippen molar-refractivity contribution in [1.82, 2.24) is 4.90 Å². The largest absolute Gasteiger partial charge is 0.483 e. The van der Waals surface area contributed by atoms with E-state index >= 15 is 0 Å². The molecule has 0 radical (unpaired) electrons. The number of hydrogen-bond donors (Lipinski definition) is 0. The minimum atomic E-state index is -0.232.